The fourth-order valence-electron chi connectivity index (χ4n) is 1.56. The lowest BCUT2D eigenvalue weighted by Gasteiger charge is -2.06. The minimum absolute atomic E-state index is 1.11. The molecule has 0 spiro atoms. The van der Waals surface area contributed by atoms with Crippen LogP contribution in [0, 0.1) is 0 Å². The Kier molecular flexibility index (Phi) is 1.95. The summed E-state index contributed by atoms with van der Waals surface area (Å²) < 4.78 is 0. The molecule has 1 aliphatic carbocycles. The van der Waals surface area contributed by atoms with Gasteiger partial charge in [-0.1, -0.05) is 6.92 Å². The molecule has 1 aliphatic rings. The standard InChI is InChI=1S/C9H13NS/c1-2-9-10-7-5-3-4-6-8(7)11-9/h2-6H2,1H3. The maximum Gasteiger partial charge on any atom is 0.0928 e. The normalized spacial score (nSPS) is 16.5. The molecule has 60 valence electrons. The second kappa shape index (κ2) is 2.94. The molecule has 0 saturated heterocycles. The van der Waals surface area contributed by atoms with Crippen molar-refractivity contribution in [3.63, 3.8) is 0 Å². The van der Waals surface area contributed by atoms with Crippen LogP contribution in [0.2, 0.25) is 0 Å². The Morgan fingerprint density at radius 1 is 1.36 bits per heavy atom. The van der Waals surface area contributed by atoms with Crippen molar-refractivity contribution in [2.24, 2.45) is 0 Å². The lowest BCUT2D eigenvalue weighted by molar-refractivity contribution is 0.681. The second-order valence-electron chi connectivity index (χ2n) is 3.04. The summed E-state index contributed by atoms with van der Waals surface area (Å²) in [6.45, 7) is 2.18. The van der Waals surface area contributed by atoms with Crippen LogP contribution in [-0.2, 0) is 19.3 Å². The third kappa shape index (κ3) is 1.32. The number of fused-ring (bicyclic) bond motifs is 1. The molecule has 11 heavy (non-hydrogen) atoms. The number of hydrogen-bond donors (Lipinski definition) is 0. The molecule has 0 amide bonds. The molecule has 0 bridgehead atoms. The Labute approximate surface area is 71.5 Å². The highest BCUT2D eigenvalue weighted by atomic mass is 32.1. The third-order valence-electron chi connectivity index (χ3n) is 2.19. The van der Waals surface area contributed by atoms with E-state index in [0.717, 1.165) is 6.42 Å². The van der Waals surface area contributed by atoms with Crippen molar-refractivity contribution in [1.29, 1.82) is 0 Å². The van der Waals surface area contributed by atoms with Gasteiger partial charge in [-0.15, -0.1) is 11.3 Å². The van der Waals surface area contributed by atoms with Crippen molar-refractivity contribution in [2.45, 2.75) is 39.0 Å². The van der Waals surface area contributed by atoms with Crippen LogP contribution < -0.4 is 0 Å². The Morgan fingerprint density at radius 3 is 2.91 bits per heavy atom. The van der Waals surface area contributed by atoms with Crippen molar-refractivity contribution >= 4 is 11.3 Å². The van der Waals surface area contributed by atoms with Crippen molar-refractivity contribution < 1.29 is 0 Å². The number of aryl methyl sites for hydroxylation is 3. The second-order valence-corrected chi connectivity index (χ2v) is 4.21. The monoisotopic (exact) mass is 167 g/mol. The largest absolute Gasteiger partial charge is 0.246 e. The molecule has 1 aromatic rings. The zero-order chi connectivity index (χ0) is 7.68. The van der Waals surface area contributed by atoms with Crippen LogP contribution >= 0.6 is 11.3 Å². The van der Waals surface area contributed by atoms with Gasteiger partial charge in [0, 0.05) is 4.88 Å². The minimum atomic E-state index is 1.11. The van der Waals surface area contributed by atoms with Crippen LogP contribution in [0.15, 0.2) is 0 Å². The molecule has 2 heteroatoms. The molecule has 0 aromatic carbocycles. The molecular weight excluding hydrogens is 154 g/mol. The lowest BCUT2D eigenvalue weighted by atomic mass is 10.0. The first-order chi connectivity index (χ1) is 5.40. The molecule has 0 fully saturated rings. The van der Waals surface area contributed by atoms with Gasteiger partial charge in [0.15, 0.2) is 0 Å². The van der Waals surface area contributed by atoms with Crippen LogP contribution in [0.4, 0.5) is 0 Å². The van der Waals surface area contributed by atoms with E-state index in [4.69, 9.17) is 0 Å². The van der Waals surface area contributed by atoms with Gasteiger partial charge in [0.1, 0.15) is 0 Å². The van der Waals surface area contributed by atoms with Gasteiger partial charge in [0.25, 0.3) is 0 Å². The molecule has 0 saturated carbocycles. The molecule has 0 radical (unpaired) electrons. The van der Waals surface area contributed by atoms with Crippen LogP contribution in [0.1, 0.15) is 35.3 Å². The average Bonchev–Trinajstić information content (AvgIpc) is 2.46. The molecule has 0 atom stereocenters. The summed E-state index contributed by atoms with van der Waals surface area (Å²) in [4.78, 5) is 6.15. The van der Waals surface area contributed by atoms with E-state index >= 15 is 0 Å². The summed E-state index contributed by atoms with van der Waals surface area (Å²) in [7, 11) is 0. The SMILES string of the molecule is CCc1nc2c(s1)CCCC2. The number of aromatic nitrogens is 1. The van der Waals surface area contributed by atoms with Gasteiger partial charge in [-0.2, -0.15) is 0 Å². The predicted octanol–water partition coefficient (Wildman–Crippen LogP) is 2.58. The maximum absolute atomic E-state index is 4.59. The fourth-order valence-corrected chi connectivity index (χ4v) is 2.65. The van der Waals surface area contributed by atoms with E-state index in [9.17, 15) is 0 Å². The Hall–Kier alpha value is -0.370. The van der Waals surface area contributed by atoms with Gasteiger partial charge in [-0.25, -0.2) is 4.98 Å². The summed E-state index contributed by atoms with van der Waals surface area (Å²) in [6.07, 6.45) is 6.34. The van der Waals surface area contributed by atoms with Crippen molar-refractivity contribution in [3.8, 4) is 0 Å². The van der Waals surface area contributed by atoms with Crippen LogP contribution in [0.25, 0.3) is 0 Å². The van der Waals surface area contributed by atoms with Gasteiger partial charge >= 0.3 is 0 Å². The first-order valence-corrected chi connectivity index (χ1v) is 5.19. The summed E-state index contributed by atoms with van der Waals surface area (Å²) >= 11 is 1.92. The van der Waals surface area contributed by atoms with E-state index in [1.165, 1.54) is 36.4 Å². The molecular formula is C9H13NS. The smallest absolute Gasteiger partial charge is 0.0928 e. The van der Waals surface area contributed by atoms with E-state index in [-0.39, 0.29) is 0 Å². The van der Waals surface area contributed by atoms with E-state index in [1.807, 2.05) is 11.3 Å². The van der Waals surface area contributed by atoms with Crippen molar-refractivity contribution in [1.82, 2.24) is 4.98 Å². The maximum atomic E-state index is 4.59. The van der Waals surface area contributed by atoms with E-state index < -0.39 is 0 Å². The zero-order valence-electron chi connectivity index (χ0n) is 6.89. The van der Waals surface area contributed by atoms with Gasteiger partial charge in [0.05, 0.1) is 10.7 Å². The number of rotatable bonds is 1. The topological polar surface area (TPSA) is 12.9 Å². The predicted molar refractivity (Wildman–Crippen MR) is 48.1 cm³/mol. The molecule has 0 unspecified atom stereocenters. The van der Waals surface area contributed by atoms with Crippen LogP contribution in [0.3, 0.4) is 0 Å². The third-order valence-corrected chi connectivity index (χ3v) is 3.49. The van der Waals surface area contributed by atoms with Crippen LogP contribution in [-0.4, -0.2) is 4.98 Å². The van der Waals surface area contributed by atoms with Gasteiger partial charge in [-0.05, 0) is 32.1 Å². The highest BCUT2D eigenvalue weighted by Crippen LogP contribution is 2.26. The zero-order valence-corrected chi connectivity index (χ0v) is 7.71. The minimum Gasteiger partial charge on any atom is -0.246 e. The molecule has 2 rings (SSSR count). The van der Waals surface area contributed by atoms with E-state index in [2.05, 4.69) is 11.9 Å². The highest BCUT2D eigenvalue weighted by molar-refractivity contribution is 7.11. The quantitative estimate of drug-likeness (QED) is 0.626. The number of thiazole rings is 1. The molecule has 1 nitrogen and oxygen atoms in total. The summed E-state index contributed by atoms with van der Waals surface area (Å²) in [6, 6.07) is 0. The fraction of sp³-hybridized carbons (Fsp3) is 0.667. The molecule has 0 N–H and O–H groups in total. The summed E-state index contributed by atoms with van der Waals surface area (Å²) in [5, 5.41) is 1.33. The molecule has 0 aliphatic heterocycles. The molecule has 1 heterocycles. The Morgan fingerprint density at radius 2 is 2.18 bits per heavy atom. The first kappa shape index (κ1) is 7.29. The van der Waals surface area contributed by atoms with E-state index in [1.54, 1.807) is 4.88 Å². The van der Waals surface area contributed by atoms with Gasteiger partial charge in [-0.3, -0.25) is 0 Å². The molecule has 1 aromatic heterocycles. The Bertz CT molecular complexity index is 229. The highest BCUT2D eigenvalue weighted by Gasteiger charge is 2.13. The van der Waals surface area contributed by atoms with E-state index in [0.29, 0.717) is 0 Å². The van der Waals surface area contributed by atoms with Gasteiger partial charge < -0.3 is 0 Å². The van der Waals surface area contributed by atoms with Crippen molar-refractivity contribution in [3.05, 3.63) is 15.6 Å². The number of hydrogen-bond acceptors (Lipinski definition) is 2. The lowest BCUT2D eigenvalue weighted by Crippen LogP contribution is -1.98. The Balaban J connectivity index is 2.32. The van der Waals surface area contributed by atoms with Crippen molar-refractivity contribution in [2.75, 3.05) is 0 Å². The first-order valence-electron chi connectivity index (χ1n) is 4.37. The van der Waals surface area contributed by atoms with Crippen LogP contribution in [0.5, 0.6) is 0 Å². The summed E-state index contributed by atoms with van der Waals surface area (Å²) in [5.41, 5.74) is 1.40. The average molecular weight is 167 g/mol. The van der Waals surface area contributed by atoms with Gasteiger partial charge in [0.2, 0.25) is 0 Å². The number of nitrogens with zero attached hydrogens (tertiary/aromatic N) is 1. The summed E-state index contributed by atoms with van der Waals surface area (Å²) in [5.74, 6) is 0.